The molecule has 130 valence electrons. The number of imidazole rings is 1. The average molecular weight is 338 g/mol. The second-order valence-corrected chi connectivity index (χ2v) is 6.96. The highest BCUT2D eigenvalue weighted by atomic mass is 16.2. The van der Waals surface area contributed by atoms with Gasteiger partial charge in [0.1, 0.15) is 11.6 Å². The van der Waals surface area contributed by atoms with Crippen molar-refractivity contribution >= 4 is 22.9 Å². The fourth-order valence-corrected chi connectivity index (χ4v) is 3.10. The molecule has 1 aliphatic heterocycles. The van der Waals surface area contributed by atoms with E-state index in [1.165, 1.54) is 0 Å². The van der Waals surface area contributed by atoms with E-state index in [-0.39, 0.29) is 11.9 Å². The van der Waals surface area contributed by atoms with Crippen molar-refractivity contribution in [2.75, 3.05) is 18.4 Å². The van der Waals surface area contributed by atoms with Gasteiger partial charge < -0.3 is 9.88 Å². The summed E-state index contributed by atoms with van der Waals surface area (Å²) in [7, 11) is 0. The van der Waals surface area contributed by atoms with Gasteiger partial charge in [-0.1, -0.05) is 26.0 Å². The average Bonchev–Trinajstić information content (AvgIpc) is 3.12. The Morgan fingerprint density at radius 1 is 1.32 bits per heavy atom. The summed E-state index contributed by atoms with van der Waals surface area (Å²) >= 11 is 0. The smallest absolute Gasteiger partial charge is 0.323 e. The van der Waals surface area contributed by atoms with E-state index < -0.39 is 0 Å². The first kappa shape index (κ1) is 15.7. The predicted molar refractivity (Wildman–Crippen MR) is 96.5 cm³/mol. The number of anilines is 1. The molecule has 2 aromatic heterocycles. The summed E-state index contributed by atoms with van der Waals surface area (Å²) < 4.78 is 1.83. The largest absolute Gasteiger partial charge is 0.342 e. The number of carbonyl (C=O) groups excluding carboxylic acids is 1. The third kappa shape index (κ3) is 3.09. The number of H-pyrrole nitrogens is 1. The Morgan fingerprint density at radius 2 is 2.12 bits per heavy atom. The fraction of sp³-hybridized carbons (Fsp3) is 0.389. The number of nitrogens with one attached hydrogen (secondary N) is 2. The predicted octanol–water partition coefficient (Wildman–Crippen LogP) is 3.05. The molecule has 3 heterocycles. The number of amides is 2. The van der Waals surface area contributed by atoms with Gasteiger partial charge in [-0.3, -0.25) is 5.32 Å². The molecule has 25 heavy (non-hydrogen) atoms. The van der Waals surface area contributed by atoms with Gasteiger partial charge in [0.15, 0.2) is 0 Å². The maximum absolute atomic E-state index is 12.4. The van der Waals surface area contributed by atoms with Gasteiger partial charge in [0, 0.05) is 25.7 Å². The van der Waals surface area contributed by atoms with Crippen LogP contribution in [0, 0.1) is 5.92 Å². The number of carbonyl (C=O) groups is 1. The lowest BCUT2D eigenvalue weighted by atomic mass is 10.0. The molecule has 4 rings (SSSR count). The van der Waals surface area contributed by atoms with Gasteiger partial charge in [0.05, 0.1) is 23.1 Å². The first-order valence-corrected chi connectivity index (χ1v) is 8.62. The topological polar surface area (TPSA) is 78.8 Å². The van der Waals surface area contributed by atoms with E-state index in [2.05, 4.69) is 34.2 Å². The molecule has 1 fully saturated rings. The summed E-state index contributed by atoms with van der Waals surface area (Å²) in [5.41, 5.74) is 2.01. The number of aromatic amines is 1. The third-order valence-corrected chi connectivity index (χ3v) is 4.45. The maximum atomic E-state index is 12.4. The van der Waals surface area contributed by atoms with Crippen LogP contribution in [0.15, 0.2) is 36.5 Å². The second-order valence-electron chi connectivity index (χ2n) is 6.96. The number of rotatable bonds is 4. The Bertz CT molecular complexity index is 857. The van der Waals surface area contributed by atoms with Crippen molar-refractivity contribution in [3.63, 3.8) is 0 Å². The van der Waals surface area contributed by atoms with Crippen molar-refractivity contribution < 1.29 is 4.79 Å². The van der Waals surface area contributed by atoms with Crippen molar-refractivity contribution in [1.29, 1.82) is 0 Å². The Kier molecular flexibility index (Phi) is 3.91. The molecule has 2 N–H and O–H groups in total. The first-order chi connectivity index (χ1) is 12.1. The Balaban J connectivity index is 1.37. The van der Waals surface area contributed by atoms with Gasteiger partial charge in [-0.15, -0.1) is 0 Å². The van der Waals surface area contributed by atoms with Crippen LogP contribution in [0.1, 0.15) is 25.6 Å². The Labute approximate surface area is 146 Å². The minimum Gasteiger partial charge on any atom is -0.342 e. The van der Waals surface area contributed by atoms with Crippen molar-refractivity contribution in [2.24, 2.45) is 5.92 Å². The maximum Gasteiger partial charge on any atom is 0.323 e. The van der Waals surface area contributed by atoms with Crippen molar-refractivity contribution in [2.45, 2.75) is 26.3 Å². The highest BCUT2D eigenvalue weighted by Gasteiger charge is 2.34. The molecule has 7 nitrogen and oxygen atoms in total. The normalized spacial score (nSPS) is 14.9. The van der Waals surface area contributed by atoms with E-state index in [0.717, 1.165) is 29.2 Å². The number of nitrogens with zero attached hydrogens (tertiary/aromatic N) is 4. The molecule has 1 saturated heterocycles. The van der Waals surface area contributed by atoms with Gasteiger partial charge >= 0.3 is 6.03 Å². The van der Waals surface area contributed by atoms with E-state index in [0.29, 0.717) is 19.0 Å². The molecule has 0 atom stereocenters. The van der Waals surface area contributed by atoms with Gasteiger partial charge in [-0.05, 0) is 18.1 Å². The van der Waals surface area contributed by atoms with Crippen LogP contribution in [0.2, 0.25) is 0 Å². The van der Waals surface area contributed by atoms with Crippen LogP contribution < -0.4 is 5.32 Å². The summed E-state index contributed by atoms with van der Waals surface area (Å²) in [5.74, 6) is 2.43. The van der Waals surface area contributed by atoms with E-state index >= 15 is 0 Å². The lowest BCUT2D eigenvalue weighted by Crippen LogP contribution is -2.50. The Hall–Kier alpha value is -2.83. The molecular formula is C18H22N6O. The van der Waals surface area contributed by atoms with Gasteiger partial charge in [-0.2, -0.15) is 5.10 Å². The molecule has 0 saturated carbocycles. The summed E-state index contributed by atoms with van der Waals surface area (Å²) in [6, 6.07) is 9.73. The standard InChI is InChI=1S/C18H22N6O/c1-12(2)9-24-16(7-8-19-24)22-18(25)23-10-13(11-23)17-20-14-5-3-4-6-15(14)21-17/h3-8,12-13H,9-11H2,1-2H3,(H,20,21)(H,22,25). The van der Waals surface area contributed by atoms with E-state index in [1.807, 2.05) is 35.0 Å². The molecule has 0 radical (unpaired) electrons. The number of aromatic nitrogens is 4. The zero-order valence-electron chi connectivity index (χ0n) is 14.4. The molecule has 7 heteroatoms. The molecule has 1 aromatic carbocycles. The van der Waals surface area contributed by atoms with Crippen molar-refractivity contribution in [3.05, 3.63) is 42.4 Å². The highest BCUT2D eigenvalue weighted by molar-refractivity contribution is 5.89. The third-order valence-electron chi connectivity index (χ3n) is 4.45. The molecule has 0 unspecified atom stereocenters. The van der Waals surface area contributed by atoms with Crippen LogP contribution in [-0.4, -0.2) is 43.8 Å². The van der Waals surface area contributed by atoms with Crippen LogP contribution in [-0.2, 0) is 6.54 Å². The molecule has 0 spiro atoms. The van der Waals surface area contributed by atoms with Crippen LogP contribution in [0.5, 0.6) is 0 Å². The number of hydrogen-bond acceptors (Lipinski definition) is 3. The highest BCUT2D eigenvalue weighted by Crippen LogP contribution is 2.27. The number of urea groups is 1. The lowest BCUT2D eigenvalue weighted by molar-refractivity contribution is 0.161. The molecule has 1 aliphatic rings. The summed E-state index contributed by atoms with van der Waals surface area (Å²) in [4.78, 5) is 22.2. The summed E-state index contributed by atoms with van der Waals surface area (Å²) in [5, 5.41) is 7.22. The van der Waals surface area contributed by atoms with E-state index in [9.17, 15) is 4.79 Å². The van der Waals surface area contributed by atoms with Crippen LogP contribution in [0.3, 0.4) is 0 Å². The zero-order valence-corrected chi connectivity index (χ0v) is 14.4. The minimum atomic E-state index is -0.0853. The number of para-hydroxylation sites is 2. The van der Waals surface area contributed by atoms with Crippen LogP contribution in [0.25, 0.3) is 11.0 Å². The fourth-order valence-electron chi connectivity index (χ4n) is 3.10. The summed E-state index contributed by atoms with van der Waals surface area (Å²) in [6.07, 6.45) is 1.71. The van der Waals surface area contributed by atoms with E-state index in [4.69, 9.17) is 0 Å². The number of likely N-dealkylation sites (tertiary alicyclic amines) is 1. The van der Waals surface area contributed by atoms with Gasteiger partial charge in [0.25, 0.3) is 0 Å². The minimum absolute atomic E-state index is 0.0853. The van der Waals surface area contributed by atoms with E-state index in [1.54, 1.807) is 11.1 Å². The first-order valence-electron chi connectivity index (χ1n) is 8.62. The number of benzene rings is 1. The van der Waals surface area contributed by atoms with Gasteiger partial charge in [0.2, 0.25) is 0 Å². The van der Waals surface area contributed by atoms with Crippen molar-refractivity contribution in [3.8, 4) is 0 Å². The molecule has 0 bridgehead atoms. The molecular weight excluding hydrogens is 316 g/mol. The van der Waals surface area contributed by atoms with Crippen LogP contribution in [0.4, 0.5) is 10.6 Å². The monoisotopic (exact) mass is 338 g/mol. The summed E-state index contributed by atoms with van der Waals surface area (Å²) in [6.45, 7) is 6.37. The zero-order chi connectivity index (χ0) is 17.4. The number of hydrogen-bond donors (Lipinski definition) is 2. The Morgan fingerprint density at radius 3 is 2.88 bits per heavy atom. The second kappa shape index (κ2) is 6.23. The molecule has 0 aliphatic carbocycles. The number of fused-ring (bicyclic) bond motifs is 1. The lowest BCUT2D eigenvalue weighted by Gasteiger charge is -2.37. The molecule has 2 amide bonds. The van der Waals surface area contributed by atoms with Crippen LogP contribution >= 0.6 is 0 Å². The quantitative estimate of drug-likeness (QED) is 0.767. The van der Waals surface area contributed by atoms with Crippen molar-refractivity contribution in [1.82, 2.24) is 24.6 Å². The SMILES string of the molecule is CC(C)Cn1nccc1NC(=O)N1CC(c2nc3ccccc3[nH]2)C1. The van der Waals surface area contributed by atoms with Gasteiger partial charge in [-0.25, -0.2) is 14.5 Å². The molecule has 3 aromatic rings.